The summed E-state index contributed by atoms with van der Waals surface area (Å²) in [4.78, 5) is 12.1. The number of rotatable bonds is 8. The van der Waals surface area contributed by atoms with E-state index in [0.29, 0.717) is 24.5 Å². The molecule has 1 unspecified atom stereocenters. The topological polar surface area (TPSA) is 67.8 Å². The van der Waals surface area contributed by atoms with Crippen molar-refractivity contribution < 1.29 is 19.4 Å². The summed E-state index contributed by atoms with van der Waals surface area (Å²) >= 11 is 0. The summed E-state index contributed by atoms with van der Waals surface area (Å²) in [6, 6.07) is 12.7. The monoisotopic (exact) mass is 343 g/mol. The van der Waals surface area contributed by atoms with Crippen molar-refractivity contribution in [3.8, 4) is 17.2 Å². The number of hydrogen-bond donors (Lipinski definition) is 2. The van der Waals surface area contributed by atoms with Gasteiger partial charge in [0.15, 0.2) is 11.5 Å². The van der Waals surface area contributed by atoms with Gasteiger partial charge in [0.25, 0.3) is 0 Å². The number of phenols is 1. The van der Waals surface area contributed by atoms with Crippen LogP contribution in [0, 0.1) is 0 Å². The molecule has 0 saturated heterocycles. The number of hydrogen-bond acceptors (Lipinski definition) is 4. The van der Waals surface area contributed by atoms with E-state index in [0.717, 1.165) is 17.5 Å². The zero-order valence-corrected chi connectivity index (χ0v) is 14.9. The quantitative estimate of drug-likeness (QED) is 0.772. The van der Waals surface area contributed by atoms with Crippen LogP contribution in [0.3, 0.4) is 0 Å². The highest BCUT2D eigenvalue weighted by Gasteiger charge is 2.11. The molecule has 0 aliphatic carbocycles. The van der Waals surface area contributed by atoms with E-state index in [1.165, 1.54) is 0 Å². The van der Waals surface area contributed by atoms with Crippen LogP contribution < -0.4 is 14.8 Å². The maximum atomic E-state index is 12.1. The fourth-order valence-electron chi connectivity index (χ4n) is 2.65. The standard InChI is InChI=1S/C20H25NO4/c1-14(16-5-7-17(22)8-6-16)12-20(23)21-11-10-15-4-9-18(24-2)19(13-15)25-3/h4-9,13-14,22H,10-12H2,1-3H3,(H,21,23). The average Bonchev–Trinajstić information content (AvgIpc) is 2.62. The van der Waals surface area contributed by atoms with Gasteiger partial charge >= 0.3 is 0 Å². The minimum absolute atomic E-state index is 0.0149. The molecule has 5 heteroatoms. The molecule has 25 heavy (non-hydrogen) atoms. The third-order valence-corrected chi connectivity index (χ3v) is 4.14. The van der Waals surface area contributed by atoms with Crippen molar-refractivity contribution in [3.05, 3.63) is 53.6 Å². The highest BCUT2D eigenvalue weighted by atomic mass is 16.5. The Morgan fingerprint density at radius 2 is 1.76 bits per heavy atom. The molecular formula is C20H25NO4. The lowest BCUT2D eigenvalue weighted by molar-refractivity contribution is -0.121. The number of aromatic hydroxyl groups is 1. The molecule has 0 bridgehead atoms. The fraction of sp³-hybridized carbons (Fsp3) is 0.350. The van der Waals surface area contributed by atoms with Crippen molar-refractivity contribution in [2.24, 2.45) is 0 Å². The Bertz CT molecular complexity index is 697. The van der Waals surface area contributed by atoms with Crippen LogP contribution >= 0.6 is 0 Å². The molecule has 134 valence electrons. The van der Waals surface area contributed by atoms with E-state index in [4.69, 9.17) is 9.47 Å². The SMILES string of the molecule is COc1ccc(CCNC(=O)CC(C)c2ccc(O)cc2)cc1OC. The number of benzene rings is 2. The third kappa shape index (κ3) is 5.41. The molecule has 0 radical (unpaired) electrons. The zero-order valence-electron chi connectivity index (χ0n) is 14.9. The van der Waals surface area contributed by atoms with Crippen LogP contribution in [0.5, 0.6) is 17.2 Å². The first kappa shape index (κ1) is 18.6. The smallest absolute Gasteiger partial charge is 0.220 e. The number of carbonyl (C=O) groups is 1. The highest BCUT2D eigenvalue weighted by molar-refractivity contribution is 5.76. The average molecular weight is 343 g/mol. The molecular weight excluding hydrogens is 318 g/mol. The van der Waals surface area contributed by atoms with Gasteiger partial charge in [-0.05, 0) is 47.7 Å². The van der Waals surface area contributed by atoms with Gasteiger partial charge in [-0.1, -0.05) is 25.1 Å². The first-order chi connectivity index (χ1) is 12.0. The number of carbonyl (C=O) groups excluding carboxylic acids is 1. The normalized spacial score (nSPS) is 11.6. The fourth-order valence-corrected chi connectivity index (χ4v) is 2.65. The van der Waals surface area contributed by atoms with Gasteiger partial charge in [0, 0.05) is 13.0 Å². The van der Waals surface area contributed by atoms with Crippen molar-refractivity contribution in [3.63, 3.8) is 0 Å². The summed E-state index contributed by atoms with van der Waals surface area (Å²) < 4.78 is 10.5. The van der Waals surface area contributed by atoms with Crippen LogP contribution in [0.25, 0.3) is 0 Å². The number of methoxy groups -OCH3 is 2. The summed E-state index contributed by atoms with van der Waals surface area (Å²) in [5.74, 6) is 1.73. The molecule has 5 nitrogen and oxygen atoms in total. The summed E-state index contributed by atoms with van der Waals surface area (Å²) in [6.45, 7) is 2.57. The van der Waals surface area contributed by atoms with Crippen molar-refractivity contribution in [1.82, 2.24) is 5.32 Å². The molecule has 0 aromatic heterocycles. The van der Waals surface area contributed by atoms with E-state index in [1.54, 1.807) is 26.4 Å². The Morgan fingerprint density at radius 1 is 1.08 bits per heavy atom. The van der Waals surface area contributed by atoms with Gasteiger partial charge < -0.3 is 19.9 Å². The molecule has 0 heterocycles. The van der Waals surface area contributed by atoms with Crippen LogP contribution in [-0.2, 0) is 11.2 Å². The predicted octanol–water partition coefficient (Wildman–Crippen LogP) is 3.26. The van der Waals surface area contributed by atoms with Crippen molar-refractivity contribution in [2.75, 3.05) is 20.8 Å². The lowest BCUT2D eigenvalue weighted by atomic mass is 9.97. The molecule has 2 aromatic carbocycles. The molecule has 0 fully saturated rings. The Hall–Kier alpha value is -2.69. The van der Waals surface area contributed by atoms with Gasteiger partial charge in [-0.2, -0.15) is 0 Å². The van der Waals surface area contributed by atoms with Gasteiger partial charge in [-0.3, -0.25) is 4.79 Å². The largest absolute Gasteiger partial charge is 0.508 e. The third-order valence-electron chi connectivity index (χ3n) is 4.14. The van der Waals surface area contributed by atoms with Crippen molar-refractivity contribution in [2.45, 2.75) is 25.7 Å². The maximum Gasteiger partial charge on any atom is 0.220 e. The van der Waals surface area contributed by atoms with Crippen molar-refractivity contribution in [1.29, 1.82) is 0 Å². The van der Waals surface area contributed by atoms with Crippen LogP contribution in [0.2, 0.25) is 0 Å². The molecule has 0 saturated carbocycles. The summed E-state index contributed by atoms with van der Waals surface area (Å²) in [5, 5.41) is 12.3. The van der Waals surface area contributed by atoms with Gasteiger partial charge in [0.05, 0.1) is 14.2 Å². The van der Waals surface area contributed by atoms with Gasteiger partial charge in [-0.15, -0.1) is 0 Å². The summed E-state index contributed by atoms with van der Waals surface area (Å²) in [5.41, 5.74) is 2.11. The van der Waals surface area contributed by atoms with E-state index in [1.807, 2.05) is 37.3 Å². The number of amides is 1. The second-order valence-corrected chi connectivity index (χ2v) is 5.99. The Balaban J connectivity index is 1.81. The maximum absolute atomic E-state index is 12.1. The highest BCUT2D eigenvalue weighted by Crippen LogP contribution is 2.27. The first-order valence-electron chi connectivity index (χ1n) is 8.30. The number of nitrogens with one attached hydrogen (secondary N) is 1. The van der Waals surface area contributed by atoms with Crippen LogP contribution in [0.15, 0.2) is 42.5 Å². The molecule has 2 aromatic rings. The Labute approximate surface area is 148 Å². The van der Waals surface area contributed by atoms with Crippen LogP contribution in [0.1, 0.15) is 30.4 Å². The van der Waals surface area contributed by atoms with Gasteiger partial charge in [-0.25, -0.2) is 0 Å². The number of phenolic OH excluding ortho intramolecular Hbond substituents is 1. The lowest BCUT2D eigenvalue weighted by Crippen LogP contribution is -2.26. The molecule has 2 rings (SSSR count). The molecule has 0 aliphatic heterocycles. The predicted molar refractivity (Wildman–Crippen MR) is 97.4 cm³/mol. The van der Waals surface area contributed by atoms with Gasteiger partial charge in [0.1, 0.15) is 5.75 Å². The summed E-state index contributed by atoms with van der Waals surface area (Å²) in [7, 11) is 3.21. The van der Waals surface area contributed by atoms with Crippen LogP contribution in [0.4, 0.5) is 0 Å². The second kappa shape index (κ2) is 8.97. The van der Waals surface area contributed by atoms with E-state index in [-0.39, 0.29) is 17.6 Å². The molecule has 0 spiro atoms. The zero-order chi connectivity index (χ0) is 18.2. The molecule has 2 N–H and O–H groups in total. The second-order valence-electron chi connectivity index (χ2n) is 5.99. The van der Waals surface area contributed by atoms with E-state index >= 15 is 0 Å². The Kier molecular flexibility index (Phi) is 6.69. The van der Waals surface area contributed by atoms with Gasteiger partial charge in [0.2, 0.25) is 5.91 Å². The van der Waals surface area contributed by atoms with E-state index in [9.17, 15) is 9.90 Å². The van der Waals surface area contributed by atoms with E-state index in [2.05, 4.69) is 5.32 Å². The van der Waals surface area contributed by atoms with Crippen molar-refractivity contribution >= 4 is 5.91 Å². The number of ether oxygens (including phenoxy) is 2. The Morgan fingerprint density at radius 3 is 2.40 bits per heavy atom. The molecule has 1 atom stereocenters. The van der Waals surface area contributed by atoms with E-state index < -0.39 is 0 Å². The first-order valence-corrected chi connectivity index (χ1v) is 8.30. The van der Waals surface area contributed by atoms with Crippen LogP contribution in [-0.4, -0.2) is 31.8 Å². The lowest BCUT2D eigenvalue weighted by Gasteiger charge is -2.13. The molecule has 1 amide bonds. The minimum Gasteiger partial charge on any atom is -0.508 e. The molecule has 0 aliphatic rings. The minimum atomic E-state index is 0.0149. The summed E-state index contributed by atoms with van der Waals surface area (Å²) in [6.07, 6.45) is 1.14.